The molecular weight excluding hydrogens is 268 g/mol. The van der Waals surface area contributed by atoms with Crippen LogP contribution < -0.4 is 0 Å². The van der Waals surface area contributed by atoms with Crippen LogP contribution in [0.2, 0.25) is 0 Å². The average Bonchev–Trinajstić information content (AvgIpc) is 2.84. The molecule has 5 nitrogen and oxygen atoms in total. The zero-order chi connectivity index (χ0) is 15.2. The minimum atomic E-state index is -0.808. The van der Waals surface area contributed by atoms with Gasteiger partial charge in [-0.2, -0.15) is 4.98 Å². The minimum Gasteiger partial charge on any atom is -0.481 e. The van der Waals surface area contributed by atoms with E-state index in [4.69, 9.17) is 4.52 Å². The summed E-state index contributed by atoms with van der Waals surface area (Å²) in [6, 6.07) is 7.99. The molecule has 1 saturated carbocycles. The van der Waals surface area contributed by atoms with Crippen LogP contribution >= 0.6 is 0 Å². The molecular formula is C16H18N2O3. The van der Waals surface area contributed by atoms with E-state index in [0.717, 1.165) is 12.0 Å². The van der Waals surface area contributed by atoms with Crippen LogP contribution in [-0.4, -0.2) is 21.2 Å². The molecule has 1 aliphatic carbocycles. The first-order valence-electron chi connectivity index (χ1n) is 7.11. The van der Waals surface area contributed by atoms with Crippen molar-refractivity contribution in [2.75, 3.05) is 0 Å². The molecule has 1 N–H and O–H groups in total. The van der Waals surface area contributed by atoms with E-state index in [2.05, 4.69) is 17.1 Å². The van der Waals surface area contributed by atoms with Crippen molar-refractivity contribution < 1.29 is 14.4 Å². The lowest BCUT2D eigenvalue weighted by atomic mass is 10.1. The van der Waals surface area contributed by atoms with Crippen molar-refractivity contribution in [3.05, 3.63) is 35.7 Å². The summed E-state index contributed by atoms with van der Waals surface area (Å²) in [7, 11) is 0. The van der Waals surface area contributed by atoms with Gasteiger partial charge in [0.1, 0.15) is 0 Å². The average molecular weight is 286 g/mol. The van der Waals surface area contributed by atoms with Crippen LogP contribution in [0.1, 0.15) is 38.1 Å². The van der Waals surface area contributed by atoms with Crippen molar-refractivity contribution in [2.24, 2.45) is 11.3 Å². The fourth-order valence-corrected chi connectivity index (χ4v) is 2.93. The highest BCUT2D eigenvalue weighted by Gasteiger charge is 2.65. The summed E-state index contributed by atoms with van der Waals surface area (Å²) in [6.45, 7) is 5.93. The number of carboxylic acids is 1. The van der Waals surface area contributed by atoms with Crippen molar-refractivity contribution in [1.29, 1.82) is 0 Å². The van der Waals surface area contributed by atoms with Crippen LogP contribution in [0.3, 0.4) is 0 Å². The van der Waals surface area contributed by atoms with Gasteiger partial charge in [-0.25, -0.2) is 0 Å². The van der Waals surface area contributed by atoms with Gasteiger partial charge in [-0.15, -0.1) is 0 Å². The van der Waals surface area contributed by atoms with Crippen LogP contribution in [0.4, 0.5) is 0 Å². The molecule has 0 amide bonds. The number of carbonyl (C=O) groups is 1. The molecule has 3 rings (SSSR count). The quantitative estimate of drug-likeness (QED) is 0.934. The summed E-state index contributed by atoms with van der Waals surface area (Å²) in [4.78, 5) is 15.6. The molecule has 0 saturated heterocycles. The molecule has 2 unspecified atom stereocenters. The summed E-state index contributed by atoms with van der Waals surface area (Å²) in [5, 5.41) is 13.2. The monoisotopic (exact) mass is 286 g/mol. The lowest BCUT2D eigenvalue weighted by Gasteiger charge is -1.97. The van der Waals surface area contributed by atoms with Crippen LogP contribution in [-0.2, 0) is 11.2 Å². The molecule has 2 aromatic rings. The van der Waals surface area contributed by atoms with Gasteiger partial charge in [0.25, 0.3) is 0 Å². The Hall–Kier alpha value is -2.17. The van der Waals surface area contributed by atoms with E-state index in [1.54, 1.807) is 0 Å². The van der Waals surface area contributed by atoms with Gasteiger partial charge >= 0.3 is 5.97 Å². The van der Waals surface area contributed by atoms with E-state index in [1.165, 1.54) is 5.56 Å². The molecule has 1 fully saturated rings. The molecule has 1 aromatic heterocycles. The number of benzene rings is 1. The Kier molecular flexibility index (Phi) is 3.08. The number of rotatable bonds is 4. The lowest BCUT2D eigenvalue weighted by molar-refractivity contribution is -0.139. The highest BCUT2D eigenvalue weighted by Crippen LogP contribution is 2.64. The number of carboxylic acid groups (broad SMARTS) is 1. The Bertz CT molecular complexity index is 673. The topological polar surface area (TPSA) is 76.2 Å². The predicted octanol–water partition coefficient (Wildman–Crippen LogP) is 3.12. The van der Waals surface area contributed by atoms with E-state index in [0.29, 0.717) is 11.7 Å². The van der Waals surface area contributed by atoms with E-state index in [9.17, 15) is 9.90 Å². The summed E-state index contributed by atoms with van der Waals surface area (Å²) < 4.78 is 5.29. The van der Waals surface area contributed by atoms with Crippen molar-refractivity contribution in [1.82, 2.24) is 10.1 Å². The smallest absolute Gasteiger partial charge is 0.307 e. The Morgan fingerprint density at radius 3 is 2.52 bits per heavy atom. The highest BCUT2D eigenvalue weighted by molar-refractivity contribution is 5.77. The van der Waals surface area contributed by atoms with Crippen molar-refractivity contribution >= 4 is 5.97 Å². The third kappa shape index (κ3) is 2.22. The molecule has 21 heavy (non-hydrogen) atoms. The van der Waals surface area contributed by atoms with E-state index < -0.39 is 11.9 Å². The van der Waals surface area contributed by atoms with Crippen LogP contribution in [0, 0.1) is 11.3 Å². The van der Waals surface area contributed by atoms with Gasteiger partial charge in [0, 0.05) is 5.56 Å². The molecule has 1 aliphatic rings. The number of aryl methyl sites for hydroxylation is 1. The van der Waals surface area contributed by atoms with Gasteiger partial charge in [0.05, 0.1) is 11.8 Å². The van der Waals surface area contributed by atoms with Crippen molar-refractivity contribution in [2.45, 2.75) is 33.1 Å². The maximum atomic E-state index is 11.2. The molecule has 0 aliphatic heterocycles. The van der Waals surface area contributed by atoms with Crippen molar-refractivity contribution in [3.63, 3.8) is 0 Å². The van der Waals surface area contributed by atoms with Crippen molar-refractivity contribution in [3.8, 4) is 11.4 Å². The first-order chi connectivity index (χ1) is 9.95. The first kappa shape index (κ1) is 13.8. The summed E-state index contributed by atoms with van der Waals surface area (Å²) in [5.74, 6) is -0.530. The number of aliphatic carboxylic acids is 1. The predicted molar refractivity (Wildman–Crippen MR) is 76.8 cm³/mol. The molecule has 1 heterocycles. The summed E-state index contributed by atoms with van der Waals surface area (Å²) >= 11 is 0. The second-order valence-electron chi connectivity index (χ2n) is 6.12. The number of aromatic nitrogens is 2. The summed E-state index contributed by atoms with van der Waals surface area (Å²) in [5.41, 5.74) is 1.80. The zero-order valence-electron chi connectivity index (χ0n) is 12.3. The number of nitrogens with zero attached hydrogens (tertiary/aromatic N) is 2. The second-order valence-corrected chi connectivity index (χ2v) is 6.12. The Balaban J connectivity index is 1.85. The molecule has 5 heteroatoms. The largest absolute Gasteiger partial charge is 0.481 e. The first-order valence-corrected chi connectivity index (χ1v) is 7.11. The molecule has 0 radical (unpaired) electrons. The van der Waals surface area contributed by atoms with Gasteiger partial charge in [-0.3, -0.25) is 4.79 Å². The SMILES string of the molecule is CCc1ccc(-c2noc(C3C(C(=O)O)C3(C)C)n2)cc1. The van der Waals surface area contributed by atoms with Gasteiger partial charge in [-0.1, -0.05) is 50.2 Å². The Morgan fingerprint density at radius 2 is 2.00 bits per heavy atom. The Labute approximate surface area is 123 Å². The standard InChI is InChI=1S/C16H18N2O3/c1-4-9-5-7-10(8-6-9)13-17-14(21-18-13)11-12(15(19)20)16(11,2)3/h5-8,11-12H,4H2,1-3H3,(H,19,20). The van der Waals surface area contributed by atoms with E-state index >= 15 is 0 Å². The summed E-state index contributed by atoms with van der Waals surface area (Å²) in [6.07, 6.45) is 0.980. The van der Waals surface area contributed by atoms with Gasteiger partial charge in [0.15, 0.2) is 0 Å². The van der Waals surface area contributed by atoms with Crippen LogP contribution in [0.5, 0.6) is 0 Å². The molecule has 0 bridgehead atoms. The van der Waals surface area contributed by atoms with E-state index in [-0.39, 0.29) is 11.3 Å². The maximum Gasteiger partial charge on any atom is 0.307 e. The normalized spacial score (nSPS) is 23.0. The third-order valence-corrected chi connectivity index (χ3v) is 4.42. The van der Waals surface area contributed by atoms with Crippen LogP contribution in [0.15, 0.2) is 28.8 Å². The van der Waals surface area contributed by atoms with Gasteiger partial charge in [0.2, 0.25) is 11.7 Å². The Morgan fingerprint density at radius 1 is 1.33 bits per heavy atom. The molecule has 1 aromatic carbocycles. The maximum absolute atomic E-state index is 11.2. The molecule has 110 valence electrons. The lowest BCUT2D eigenvalue weighted by Crippen LogP contribution is -2.03. The number of hydrogen-bond acceptors (Lipinski definition) is 4. The minimum absolute atomic E-state index is 0.203. The zero-order valence-corrected chi connectivity index (χ0v) is 12.3. The fraction of sp³-hybridized carbons (Fsp3) is 0.438. The van der Waals surface area contributed by atoms with E-state index in [1.807, 2.05) is 38.1 Å². The van der Waals surface area contributed by atoms with Gasteiger partial charge < -0.3 is 9.63 Å². The molecule has 0 spiro atoms. The fourth-order valence-electron chi connectivity index (χ4n) is 2.93. The highest BCUT2D eigenvalue weighted by atomic mass is 16.5. The number of hydrogen-bond donors (Lipinski definition) is 1. The van der Waals surface area contributed by atoms with Crippen LogP contribution in [0.25, 0.3) is 11.4 Å². The molecule has 2 atom stereocenters. The second kappa shape index (κ2) is 4.69. The van der Waals surface area contributed by atoms with Gasteiger partial charge in [-0.05, 0) is 17.4 Å². The third-order valence-electron chi connectivity index (χ3n) is 4.42.